The molecule has 26 heavy (non-hydrogen) atoms. The number of aliphatic carboxylic acids is 1. The maximum absolute atomic E-state index is 12.7. The Balaban J connectivity index is 1.71. The number of para-hydroxylation sites is 1. The smallest absolute Gasteiger partial charge is 0.481 e. The van der Waals surface area contributed by atoms with Crippen LogP contribution in [0.3, 0.4) is 0 Å². The molecule has 1 heterocycles. The molecule has 3 rings (SSSR count). The monoisotopic (exact) mass is 371 g/mol. The minimum atomic E-state index is -4.79. The number of halogens is 3. The molecule has 5 nitrogen and oxygen atoms in total. The van der Waals surface area contributed by atoms with Gasteiger partial charge in [0.1, 0.15) is 5.75 Å². The number of amides is 1. The lowest BCUT2D eigenvalue weighted by atomic mass is 9.82. The third-order valence-corrected chi connectivity index (χ3v) is 5.18. The molecule has 0 aromatic heterocycles. The fourth-order valence-corrected chi connectivity index (χ4v) is 3.65. The first-order valence-electron chi connectivity index (χ1n) is 8.47. The number of rotatable bonds is 4. The zero-order chi connectivity index (χ0) is 19.1. The van der Waals surface area contributed by atoms with E-state index in [0.29, 0.717) is 31.4 Å². The maximum atomic E-state index is 12.7. The van der Waals surface area contributed by atoms with E-state index in [1.54, 1.807) is 13.0 Å². The van der Waals surface area contributed by atoms with E-state index in [1.807, 2.05) is 0 Å². The highest BCUT2D eigenvalue weighted by Crippen LogP contribution is 2.52. The molecule has 1 aromatic rings. The van der Waals surface area contributed by atoms with E-state index in [0.717, 1.165) is 0 Å². The van der Waals surface area contributed by atoms with Crippen LogP contribution in [0.4, 0.5) is 13.2 Å². The van der Waals surface area contributed by atoms with Crippen molar-refractivity contribution in [2.45, 2.75) is 38.5 Å². The van der Waals surface area contributed by atoms with Gasteiger partial charge >= 0.3 is 12.3 Å². The first-order chi connectivity index (χ1) is 12.1. The number of likely N-dealkylation sites (tertiary alicyclic amines) is 1. The van der Waals surface area contributed by atoms with Crippen LogP contribution in [0.2, 0.25) is 0 Å². The highest BCUT2D eigenvalue weighted by Gasteiger charge is 2.50. The molecule has 8 heteroatoms. The van der Waals surface area contributed by atoms with Gasteiger partial charge in [-0.1, -0.05) is 18.2 Å². The van der Waals surface area contributed by atoms with Gasteiger partial charge in [-0.15, -0.1) is 13.2 Å². The standard InChI is InChI=1S/C18H20F3NO4/c1-17(16(24)25)7-4-8-22(10-17)15(23)13-9-12(13)11-5-2-3-6-14(11)26-18(19,20)21/h2-3,5-6,12-13H,4,7-10H2,1H3,(H,24,25). The molecule has 142 valence electrons. The molecule has 1 aliphatic carbocycles. The summed E-state index contributed by atoms with van der Waals surface area (Å²) in [5.41, 5.74) is -0.614. The minimum Gasteiger partial charge on any atom is -0.481 e. The van der Waals surface area contributed by atoms with Crippen molar-refractivity contribution < 1.29 is 32.6 Å². The predicted octanol–water partition coefficient (Wildman–Crippen LogP) is 3.40. The average Bonchev–Trinajstić information content (AvgIpc) is 3.33. The van der Waals surface area contributed by atoms with Crippen LogP contribution in [0, 0.1) is 11.3 Å². The summed E-state index contributed by atoms with van der Waals surface area (Å²) < 4.78 is 41.7. The third-order valence-electron chi connectivity index (χ3n) is 5.18. The summed E-state index contributed by atoms with van der Waals surface area (Å²) >= 11 is 0. The first-order valence-corrected chi connectivity index (χ1v) is 8.47. The molecule has 1 amide bonds. The van der Waals surface area contributed by atoms with Crippen LogP contribution in [0.1, 0.15) is 37.7 Å². The molecule has 1 N–H and O–H groups in total. The van der Waals surface area contributed by atoms with Gasteiger partial charge in [-0.3, -0.25) is 9.59 Å². The minimum absolute atomic E-state index is 0.130. The molecule has 1 saturated heterocycles. The largest absolute Gasteiger partial charge is 0.573 e. The number of alkyl halides is 3. The molecular weight excluding hydrogens is 351 g/mol. The number of hydrogen-bond donors (Lipinski definition) is 1. The zero-order valence-corrected chi connectivity index (χ0v) is 14.3. The Morgan fingerprint density at radius 2 is 2.00 bits per heavy atom. The van der Waals surface area contributed by atoms with Gasteiger partial charge in [0.2, 0.25) is 5.91 Å². The van der Waals surface area contributed by atoms with Gasteiger partial charge in [-0.2, -0.15) is 0 Å². The summed E-state index contributed by atoms with van der Waals surface area (Å²) in [4.78, 5) is 25.7. The van der Waals surface area contributed by atoms with Crippen molar-refractivity contribution in [2.75, 3.05) is 13.1 Å². The fourth-order valence-electron chi connectivity index (χ4n) is 3.65. The molecule has 0 radical (unpaired) electrons. The van der Waals surface area contributed by atoms with Crippen LogP contribution >= 0.6 is 0 Å². The molecule has 3 atom stereocenters. The van der Waals surface area contributed by atoms with Gasteiger partial charge < -0.3 is 14.7 Å². The van der Waals surface area contributed by atoms with Crippen LogP contribution in [-0.4, -0.2) is 41.3 Å². The Morgan fingerprint density at radius 1 is 1.31 bits per heavy atom. The van der Waals surface area contributed by atoms with Crippen molar-refractivity contribution in [3.8, 4) is 5.75 Å². The van der Waals surface area contributed by atoms with Crippen molar-refractivity contribution in [1.82, 2.24) is 4.90 Å². The van der Waals surface area contributed by atoms with E-state index in [1.165, 1.54) is 23.1 Å². The fraction of sp³-hybridized carbons (Fsp3) is 0.556. The van der Waals surface area contributed by atoms with E-state index in [9.17, 15) is 27.9 Å². The zero-order valence-electron chi connectivity index (χ0n) is 14.3. The summed E-state index contributed by atoms with van der Waals surface area (Å²) in [6.45, 7) is 2.22. The van der Waals surface area contributed by atoms with E-state index < -0.39 is 23.7 Å². The molecule has 3 unspecified atom stereocenters. The third kappa shape index (κ3) is 3.78. The van der Waals surface area contributed by atoms with E-state index >= 15 is 0 Å². The van der Waals surface area contributed by atoms with Crippen LogP contribution in [0.15, 0.2) is 24.3 Å². The van der Waals surface area contributed by atoms with Crippen molar-refractivity contribution >= 4 is 11.9 Å². The van der Waals surface area contributed by atoms with Crippen LogP contribution < -0.4 is 4.74 Å². The topological polar surface area (TPSA) is 66.8 Å². The Hall–Kier alpha value is -2.25. The van der Waals surface area contributed by atoms with Gasteiger partial charge in [0, 0.05) is 19.0 Å². The average molecular weight is 371 g/mol. The van der Waals surface area contributed by atoms with Gasteiger partial charge in [0.05, 0.1) is 5.41 Å². The van der Waals surface area contributed by atoms with Gasteiger partial charge in [-0.25, -0.2) is 0 Å². The molecular formula is C18H20F3NO4. The second kappa shape index (κ2) is 6.48. The number of piperidine rings is 1. The van der Waals surface area contributed by atoms with E-state index in [4.69, 9.17) is 0 Å². The summed E-state index contributed by atoms with van der Waals surface area (Å²) in [5, 5.41) is 9.36. The number of carboxylic acids is 1. The number of carbonyl (C=O) groups excluding carboxylic acids is 1. The van der Waals surface area contributed by atoms with Gasteiger partial charge in [0.25, 0.3) is 0 Å². The highest BCUT2D eigenvalue weighted by atomic mass is 19.4. The van der Waals surface area contributed by atoms with Crippen molar-refractivity contribution in [3.63, 3.8) is 0 Å². The number of benzene rings is 1. The second-order valence-corrected chi connectivity index (χ2v) is 7.26. The molecule has 2 fully saturated rings. The van der Waals surface area contributed by atoms with Crippen LogP contribution in [0.5, 0.6) is 5.75 Å². The normalized spacial score (nSPS) is 28.5. The van der Waals surface area contributed by atoms with Crippen LogP contribution in [-0.2, 0) is 9.59 Å². The Bertz CT molecular complexity index is 721. The maximum Gasteiger partial charge on any atom is 0.573 e. The summed E-state index contributed by atoms with van der Waals surface area (Å²) in [6.07, 6.45) is -3.25. The predicted molar refractivity (Wildman–Crippen MR) is 85.5 cm³/mol. The second-order valence-electron chi connectivity index (χ2n) is 7.26. The SMILES string of the molecule is CC1(C(=O)O)CCCN(C(=O)C2CC2c2ccccc2OC(F)(F)F)C1. The lowest BCUT2D eigenvalue weighted by molar-refractivity contribution is -0.274. The Labute approximate surface area is 148 Å². The number of hydrogen-bond acceptors (Lipinski definition) is 3. The summed E-state index contributed by atoms with van der Waals surface area (Å²) in [7, 11) is 0. The number of carboxylic acid groups (broad SMARTS) is 1. The van der Waals surface area contributed by atoms with Crippen molar-refractivity contribution in [2.24, 2.45) is 11.3 Å². The van der Waals surface area contributed by atoms with Crippen LogP contribution in [0.25, 0.3) is 0 Å². The van der Waals surface area contributed by atoms with Gasteiger partial charge in [0.15, 0.2) is 0 Å². The van der Waals surface area contributed by atoms with Crippen molar-refractivity contribution in [3.05, 3.63) is 29.8 Å². The quantitative estimate of drug-likeness (QED) is 0.881. The van der Waals surface area contributed by atoms with E-state index in [-0.39, 0.29) is 24.1 Å². The lowest BCUT2D eigenvalue weighted by Crippen LogP contribution is -2.49. The molecule has 2 aliphatic rings. The number of nitrogens with zero attached hydrogens (tertiary/aromatic N) is 1. The Kier molecular flexibility index (Phi) is 4.62. The Morgan fingerprint density at radius 3 is 2.65 bits per heavy atom. The van der Waals surface area contributed by atoms with E-state index in [2.05, 4.69) is 4.74 Å². The number of ether oxygens (including phenoxy) is 1. The lowest BCUT2D eigenvalue weighted by Gasteiger charge is -2.37. The molecule has 1 aromatic carbocycles. The van der Waals surface area contributed by atoms with Crippen molar-refractivity contribution in [1.29, 1.82) is 0 Å². The molecule has 0 bridgehead atoms. The van der Waals surface area contributed by atoms with Gasteiger partial charge in [-0.05, 0) is 43.7 Å². The summed E-state index contributed by atoms with van der Waals surface area (Å²) in [6, 6.07) is 5.84. The molecule has 1 saturated carbocycles. The molecule has 1 aliphatic heterocycles. The number of carbonyl (C=O) groups is 2. The molecule has 0 spiro atoms. The summed E-state index contributed by atoms with van der Waals surface area (Å²) in [5.74, 6) is -2.17. The first kappa shape index (κ1) is 18.5. The highest BCUT2D eigenvalue weighted by molar-refractivity contribution is 5.84.